The number of hydrogen-bond donors (Lipinski definition) is 0. The molecule has 0 aliphatic carbocycles. The molecule has 1 nitrogen and oxygen atoms in total. The molecule has 0 unspecified atom stereocenters. The van der Waals surface area contributed by atoms with Gasteiger partial charge in [0.25, 0.3) is 0 Å². The van der Waals surface area contributed by atoms with Gasteiger partial charge in [0.1, 0.15) is 5.75 Å². The van der Waals surface area contributed by atoms with Crippen LogP contribution in [0.3, 0.4) is 0 Å². The van der Waals surface area contributed by atoms with Crippen molar-refractivity contribution in [2.75, 3.05) is 0 Å². The molecule has 2 rings (SSSR count). The zero-order valence-corrected chi connectivity index (χ0v) is 11.1. The van der Waals surface area contributed by atoms with E-state index < -0.39 is 0 Å². The minimum atomic E-state index is 0.248. The summed E-state index contributed by atoms with van der Waals surface area (Å²) in [5.41, 5.74) is 0. The number of ether oxygens (including phenoxy) is 1. The van der Waals surface area contributed by atoms with Gasteiger partial charge < -0.3 is 4.74 Å². The van der Waals surface area contributed by atoms with E-state index in [0.717, 1.165) is 16.6 Å². The maximum atomic E-state index is 5.86. The highest BCUT2D eigenvalue weighted by Gasteiger charge is 2.08. The summed E-state index contributed by atoms with van der Waals surface area (Å²) in [5, 5.41) is 2.43. The van der Waals surface area contributed by atoms with E-state index in [1.807, 2.05) is 18.2 Å². The molecule has 0 amide bonds. The van der Waals surface area contributed by atoms with E-state index >= 15 is 0 Å². The molecule has 0 spiro atoms. The third-order valence-corrected chi connectivity index (χ3v) is 3.55. The summed E-state index contributed by atoms with van der Waals surface area (Å²) in [6, 6.07) is 12.4. The molecule has 0 heterocycles. The summed E-state index contributed by atoms with van der Waals surface area (Å²) in [4.78, 5) is 0. The number of rotatable bonds is 3. The van der Waals surface area contributed by atoms with E-state index in [-0.39, 0.29) is 6.10 Å². The van der Waals surface area contributed by atoms with Gasteiger partial charge in [-0.3, -0.25) is 0 Å². The molecule has 2 aromatic rings. The first-order valence-electron chi connectivity index (χ1n) is 5.56. The number of benzene rings is 2. The summed E-state index contributed by atoms with van der Waals surface area (Å²) in [5.74, 6) is 0.924. The van der Waals surface area contributed by atoms with Crippen LogP contribution in [0.25, 0.3) is 10.8 Å². The van der Waals surface area contributed by atoms with Crippen LogP contribution in [0.5, 0.6) is 5.75 Å². The van der Waals surface area contributed by atoms with E-state index in [4.69, 9.17) is 4.74 Å². The van der Waals surface area contributed by atoms with Crippen molar-refractivity contribution < 1.29 is 4.74 Å². The Labute approximate surface area is 105 Å². The highest BCUT2D eigenvalue weighted by Crippen LogP contribution is 2.33. The molecule has 2 heteroatoms. The Bertz CT molecular complexity index is 493. The molecule has 16 heavy (non-hydrogen) atoms. The van der Waals surface area contributed by atoms with Crippen LogP contribution < -0.4 is 4.74 Å². The number of halogens is 1. The van der Waals surface area contributed by atoms with Crippen LogP contribution in [0.1, 0.15) is 20.3 Å². The lowest BCUT2D eigenvalue weighted by molar-refractivity contribution is 0.216. The minimum absolute atomic E-state index is 0.248. The van der Waals surface area contributed by atoms with E-state index in [1.165, 1.54) is 10.8 Å². The summed E-state index contributed by atoms with van der Waals surface area (Å²) in [6.45, 7) is 4.21. The molecule has 0 radical (unpaired) electrons. The number of fused-ring (bicyclic) bond motifs is 1. The second-order valence-electron chi connectivity index (χ2n) is 3.94. The summed E-state index contributed by atoms with van der Waals surface area (Å²) in [7, 11) is 0. The maximum Gasteiger partial charge on any atom is 0.134 e. The largest absolute Gasteiger partial charge is 0.490 e. The molecule has 1 atom stereocenters. The van der Waals surface area contributed by atoms with Gasteiger partial charge in [-0.25, -0.2) is 0 Å². The molecule has 2 aromatic carbocycles. The van der Waals surface area contributed by atoms with E-state index in [2.05, 4.69) is 48.0 Å². The lowest BCUT2D eigenvalue weighted by Crippen LogP contribution is -2.09. The predicted molar refractivity (Wildman–Crippen MR) is 72.0 cm³/mol. The smallest absolute Gasteiger partial charge is 0.134 e. The van der Waals surface area contributed by atoms with Gasteiger partial charge in [-0.2, -0.15) is 0 Å². The van der Waals surface area contributed by atoms with Crippen molar-refractivity contribution in [2.45, 2.75) is 26.4 Å². The molecule has 0 bridgehead atoms. The Kier molecular flexibility index (Phi) is 3.49. The van der Waals surface area contributed by atoms with E-state index in [1.54, 1.807) is 0 Å². The Morgan fingerprint density at radius 1 is 1.19 bits per heavy atom. The molecule has 0 fully saturated rings. The van der Waals surface area contributed by atoms with Crippen molar-refractivity contribution in [1.29, 1.82) is 0 Å². The minimum Gasteiger partial charge on any atom is -0.490 e. The van der Waals surface area contributed by atoms with Crippen molar-refractivity contribution >= 4 is 26.7 Å². The molecular weight excluding hydrogens is 264 g/mol. The standard InChI is InChI=1S/C14H15BrO/c1-3-10(2)16-13-9-8-11-6-4-5-7-12(11)14(13)15/h4-10H,3H2,1-2H3/t10-/m1/s1. The van der Waals surface area contributed by atoms with Crippen molar-refractivity contribution in [2.24, 2.45) is 0 Å². The highest BCUT2D eigenvalue weighted by atomic mass is 79.9. The Balaban J connectivity index is 2.44. The van der Waals surface area contributed by atoms with Crippen LogP contribution in [0.15, 0.2) is 40.9 Å². The summed E-state index contributed by atoms with van der Waals surface area (Å²) >= 11 is 3.61. The topological polar surface area (TPSA) is 9.23 Å². The summed E-state index contributed by atoms with van der Waals surface area (Å²) < 4.78 is 6.90. The van der Waals surface area contributed by atoms with Crippen molar-refractivity contribution in [3.63, 3.8) is 0 Å². The quantitative estimate of drug-likeness (QED) is 0.785. The van der Waals surface area contributed by atoms with Crippen LogP contribution in [0.2, 0.25) is 0 Å². The SMILES string of the molecule is CC[C@@H](C)Oc1ccc2ccccc2c1Br. The predicted octanol–water partition coefficient (Wildman–Crippen LogP) is 4.78. The Morgan fingerprint density at radius 2 is 1.94 bits per heavy atom. The highest BCUT2D eigenvalue weighted by molar-refractivity contribution is 9.10. The zero-order valence-electron chi connectivity index (χ0n) is 9.53. The van der Waals surface area contributed by atoms with Crippen LogP contribution in [0.4, 0.5) is 0 Å². The third kappa shape index (κ3) is 2.22. The van der Waals surface area contributed by atoms with Crippen molar-refractivity contribution in [3.8, 4) is 5.75 Å². The van der Waals surface area contributed by atoms with Gasteiger partial charge in [-0.1, -0.05) is 37.3 Å². The molecular formula is C14H15BrO. The normalized spacial score (nSPS) is 12.7. The van der Waals surface area contributed by atoms with Gasteiger partial charge in [-0.15, -0.1) is 0 Å². The van der Waals surface area contributed by atoms with Gasteiger partial charge in [0.2, 0.25) is 0 Å². The molecule has 0 aliphatic rings. The van der Waals surface area contributed by atoms with Crippen LogP contribution in [-0.2, 0) is 0 Å². The van der Waals surface area contributed by atoms with Gasteiger partial charge in [0.05, 0.1) is 10.6 Å². The van der Waals surface area contributed by atoms with Gasteiger partial charge in [0.15, 0.2) is 0 Å². The fourth-order valence-electron chi connectivity index (χ4n) is 1.60. The number of hydrogen-bond acceptors (Lipinski definition) is 1. The van der Waals surface area contributed by atoms with E-state index in [0.29, 0.717) is 0 Å². The Morgan fingerprint density at radius 3 is 2.69 bits per heavy atom. The first-order valence-corrected chi connectivity index (χ1v) is 6.35. The maximum absolute atomic E-state index is 5.86. The van der Waals surface area contributed by atoms with Crippen LogP contribution in [-0.4, -0.2) is 6.10 Å². The summed E-state index contributed by atoms with van der Waals surface area (Å²) in [6.07, 6.45) is 1.26. The molecule has 0 N–H and O–H groups in total. The fourth-order valence-corrected chi connectivity index (χ4v) is 2.19. The monoisotopic (exact) mass is 278 g/mol. The molecule has 0 saturated carbocycles. The fraction of sp³-hybridized carbons (Fsp3) is 0.286. The second-order valence-corrected chi connectivity index (χ2v) is 4.73. The second kappa shape index (κ2) is 4.88. The molecule has 0 aliphatic heterocycles. The van der Waals surface area contributed by atoms with Gasteiger partial charge >= 0.3 is 0 Å². The van der Waals surface area contributed by atoms with E-state index in [9.17, 15) is 0 Å². The van der Waals surface area contributed by atoms with Crippen LogP contribution >= 0.6 is 15.9 Å². The van der Waals surface area contributed by atoms with Gasteiger partial charge in [-0.05, 0) is 46.1 Å². The third-order valence-electron chi connectivity index (χ3n) is 2.73. The van der Waals surface area contributed by atoms with Crippen molar-refractivity contribution in [3.05, 3.63) is 40.9 Å². The first-order chi connectivity index (χ1) is 7.72. The lowest BCUT2D eigenvalue weighted by Gasteiger charge is -2.15. The molecule has 84 valence electrons. The van der Waals surface area contributed by atoms with Crippen molar-refractivity contribution in [1.82, 2.24) is 0 Å². The average molecular weight is 279 g/mol. The first kappa shape index (κ1) is 11.5. The van der Waals surface area contributed by atoms with Crippen LogP contribution in [0, 0.1) is 0 Å². The average Bonchev–Trinajstić information content (AvgIpc) is 2.33. The molecule has 0 aromatic heterocycles. The molecule has 0 saturated heterocycles. The zero-order chi connectivity index (χ0) is 11.5. The van der Waals surface area contributed by atoms with Gasteiger partial charge in [0, 0.05) is 0 Å². The Hall–Kier alpha value is -1.02. The lowest BCUT2D eigenvalue weighted by atomic mass is 10.1.